The van der Waals surface area contributed by atoms with E-state index in [1.165, 1.54) is 12.8 Å². The smallest absolute Gasteiger partial charge is 0.0945 e. The van der Waals surface area contributed by atoms with E-state index in [0.717, 1.165) is 28.9 Å². The van der Waals surface area contributed by atoms with E-state index in [1.807, 2.05) is 24.3 Å². The Labute approximate surface area is 129 Å². The van der Waals surface area contributed by atoms with Crippen LogP contribution in [-0.4, -0.2) is 30.5 Å². The van der Waals surface area contributed by atoms with Gasteiger partial charge in [-0.1, -0.05) is 31.9 Å². The first-order valence-corrected chi connectivity index (χ1v) is 8.22. The van der Waals surface area contributed by atoms with E-state index in [9.17, 15) is 5.11 Å². The molecule has 1 aromatic rings. The number of hydrogen-bond acceptors (Lipinski definition) is 3. The maximum absolute atomic E-state index is 10.00. The van der Waals surface area contributed by atoms with Crippen LogP contribution in [0, 0.1) is 5.92 Å². The summed E-state index contributed by atoms with van der Waals surface area (Å²) < 4.78 is 6.84. The molecule has 0 aromatic heterocycles. The number of halogens is 1. The first kappa shape index (κ1) is 15.8. The van der Waals surface area contributed by atoms with Crippen LogP contribution < -0.4 is 5.32 Å². The van der Waals surface area contributed by atoms with Crippen molar-refractivity contribution in [3.05, 3.63) is 28.7 Å². The highest BCUT2D eigenvalue weighted by Crippen LogP contribution is 2.26. The van der Waals surface area contributed by atoms with Crippen molar-refractivity contribution in [2.75, 3.05) is 18.5 Å². The van der Waals surface area contributed by atoms with E-state index in [4.69, 9.17) is 4.74 Å². The molecular weight excluding hydrogens is 318 g/mol. The van der Waals surface area contributed by atoms with Gasteiger partial charge < -0.3 is 15.2 Å². The molecule has 3 unspecified atom stereocenters. The van der Waals surface area contributed by atoms with Gasteiger partial charge in [0.25, 0.3) is 0 Å². The number of nitrogens with one attached hydrogen (secondary N) is 1. The van der Waals surface area contributed by atoms with Gasteiger partial charge in [-0.3, -0.25) is 0 Å². The topological polar surface area (TPSA) is 41.5 Å². The number of hydrogen-bond donors (Lipinski definition) is 2. The molecule has 3 nitrogen and oxygen atoms in total. The molecule has 0 aliphatic heterocycles. The number of ether oxygens (including phenoxy) is 1. The Bertz CT molecular complexity index is 413. The van der Waals surface area contributed by atoms with Crippen LogP contribution in [0.2, 0.25) is 0 Å². The largest absolute Gasteiger partial charge is 0.389 e. The zero-order valence-corrected chi connectivity index (χ0v) is 13.6. The first-order valence-electron chi connectivity index (χ1n) is 7.43. The average molecular weight is 342 g/mol. The molecule has 0 saturated heterocycles. The SMILES string of the molecule is CC1CCCC(OCC(O)CNc2ccccc2Br)C1. The van der Waals surface area contributed by atoms with Crippen molar-refractivity contribution in [3.8, 4) is 0 Å². The zero-order chi connectivity index (χ0) is 14.4. The van der Waals surface area contributed by atoms with Crippen LogP contribution in [0.4, 0.5) is 5.69 Å². The summed E-state index contributed by atoms with van der Waals surface area (Å²) in [7, 11) is 0. The van der Waals surface area contributed by atoms with E-state index >= 15 is 0 Å². The van der Waals surface area contributed by atoms with Crippen molar-refractivity contribution < 1.29 is 9.84 Å². The van der Waals surface area contributed by atoms with Gasteiger partial charge in [0.2, 0.25) is 0 Å². The summed E-state index contributed by atoms with van der Waals surface area (Å²) in [6, 6.07) is 7.91. The van der Waals surface area contributed by atoms with Crippen LogP contribution in [-0.2, 0) is 4.74 Å². The fraction of sp³-hybridized carbons (Fsp3) is 0.625. The van der Waals surface area contributed by atoms with Crippen LogP contribution >= 0.6 is 15.9 Å². The fourth-order valence-electron chi connectivity index (χ4n) is 2.67. The lowest BCUT2D eigenvalue weighted by Gasteiger charge is -2.27. The number of para-hydroxylation sites is 1. The fourth-order valence-corrected chi connectivity index (χ4v) is 3.09. The third-order valence-corrected chi connectivity index (χ3v) is 4.51. The molecule has 1 saturated carbocycles. The standard InChI is InChI=1S/C16H24BrNO2/c1-12-5-4-6-14(9-12)20-11-13(19)10-18-16-8-3-2-7-15(16)17/h2-3,7-8,12-14,18-19H,4-6,9-11H2,1H3. The van der Waals surface area contributed by atoms with E-state index in [-0.39, 0.29) is 0 Å². The van der Waals surface area contributed by atoms with Gasteiger partial charge in [0.1, 0.15) is 0 Å². The molecule has 4 heteroatoms. The molecule has 20 heavy (non-hydrogen) atoms. The number of aliphatic hydroxyl groups excluding tert-OH is 1. The molecule has 112 valence electrons. The predicted molar refractivity (Wildman–Crippen MR) is 86.0 cm³/mol. The molecule has 1 fully saturated rings. The van der Waals surface area contributed by atoms with Gasteiger partial charge in [0.05, 0.1) is 18.8 Å². The third kappa shape index (κ3) is 5.08. The highest BCUT2D eigenvalue weighted by molar-refractivity contribution is 9.10. The molecule has 1 aliphatic rings. The molecule has 0 amide bonds. The lowest BCUT2D eigenvalue weighted by Crippen LogP contribution is -2.30. The Morgan fingerprint density at radius 1 is 1.40 bits per heavy atom. The maximum Gasteiger partial charge on any atom is 0.0945 e. The molecule has 0 bridgehead atoms. The maximum atomic E-state index is 10.00. The van der Waals surface area contributed by atoms with Gasteiger partial charge in [-0.2, -0.15) is 0 Å². The summed E-state index contributed by atoms with van der Waals surface area (Å²) in [6.45, 7) is 3.19. The number of aliphatic hydroxyl groups is 1. The normalized spacial score (nSPS) is 24.4. The van der Waals surface area contributed by atoms with Gasteiger partial charge in [0.15, 0.2) is 0 Å². The Balaban J connectivity index is 1.68. The highest BCUT2D eigenvalue weighted by atomic mass is 79.9. The molecular formula is C16H24BrNO2. The van der Waals surface area contributed by atoms with Crippen molar-refractivity contribution in [3.63, 3.8) is 0 Å². The Morgan fingerprint density at radius 2 is 2.20 bits per heavy atom. The first-order chi connectivity index (χ1) is 9.65. The summed E-state index contributed by atoms with van der Waals surface area (Å²) >= 11 is 3.48. The summed E-state index contributed by atoms with van der Waals surface area (Å²) in [5, 5.41) is 13.2. The lowest BCUT2D eigenvalue weighted by atomic mass is 9.89. The van der Waals surface area contributed by atoms with Crippen LogP contribution in [0.5, 0.6) is 0 Å². The van der Waals surface area contributed by atoms with Gasteiger partial charge >= 0.3 is 0 Å². The molecule has 1 aliphatic carbocycles. The minimum Gasteiger partial charge on any atom is -0.389 e. The average Bonchev–Trinajstić information content (AvgIpc) is 2.44. The second-order valence-electron chi connectivity index (χ2n) is 5.74. The summed E-state index contributed by atoms with van der Waals surface area (Å²) in [4.78, 5) is 0. The van der Waals surface area contributed by atoms with Gasteiger partial charge in [-0.15, -0.1) is 0 Å². The molecule has 2 rings (SSSR count). The van der Waals surface area contributed by atoms with Crippen LogP contribution in [0.15, 0.2) is 28.7 Å². The van der Waals surface area contributed by atoms with Crippen LogP contribution in [0.3, 0.4) is 0 Å². The molecule has 3 atom stereocenters. The molecule has 0 spiro atoms. The Kier molecular flexibility index (Phi) is 6.33. The van der Waals surface area contributed by atoms with E-state index in [0.29, 0.717) is 19.3 Å². The quantitative estimate of drug-likeness (QED) is 0.826. The Morgan fingerprint density at radius 3 is 2.95 bits per heavy atom. The summed E-state index contributed by atoms with van der Waals surface area (Å²) in [5.74, 6) is 0.754. The van der Waals surface area contributed by atoms with Crippen molar-refractivity contribution in [1.29, 1.82) is 0 Å². The van der Waals surface area contributed by atoms with Gasteiger partial charge in [0, 0.05) is 16.7 Å². The highest BCUT2D eigenvalue weighted by Gasteiger charge is 2.20. The van der Waals surface area contributed by atoms with Gasteiger partial charge in [-0.05, 0) is 46.8 Å². The third-order valence-electron chi connectivity index (χ3n) is 3.81. The van der Waals surface area contributed by atoms with Crippen molar-refractivity contribution in [2.24, 2.45) is 5.92 Å². The second-order valence-corrected chi connectivity index (χ2v) is 6.60. The minimum atomic E-state index is -0.473. The van der Waals surface area contributed by atoms with Crippen molar-refractivity contribution in [1.82, 2.24) is 0 Å². The van der Waals surface area contributed by atoms with Crippen molar-refractivity contribution in [2.45, 2.75) is 44.8 Å². The monoisotopic (exact) mass is 341 g/mol. The molecule has 0 heterocycles. The zero-order valence-electron chi connectivity index (χ0n) is 12.0. The second kappa shape index (κ2) is 8.01. The van der Waals surface area contributed by atoms with Gasteiger partial charge in [-0.25, -0.2) is 0 Å². The van der Waals surface area contributed by atoms with E-state index in [1.54, 1.807) is 0 Å². The Hall–Kier alpha value is -0.580. The van der Waals surface area contributed by atoms with E-state index in [2.05, 4.69) is 28.2 Å². The molecule has 0 radical (unpaired) electrons. The number of anilines is 1. The number of rotatable bonds is 6. The minimum absolute atomic E-state index is 0.330. The molecule has 2 N–H and O–H groups in total. The molecule has 1 aromatic carbocycles. The van der Waals surface area contributed by atoms with E-state index < -0.39 is 6.10 Å². The van der Waals surface area contributed by atoms with Crippen molar-refractivity contribution >= 4 is 21.6 Å². The lowest BCUT2D eigenvalue weighted by molar-refractivity contribution is -0.0274. The van der Waals surface area contributed by atoms with Crippen LogP contribution in [0.25, 0.3) is 0 Å². The summed E-state index contributed by atoms with van der Waals surface area (Å²) in [5.41, 5.74) is 0.998. The summed E-state index contributed by atoms with van der Waals surface area (Å²) in [6.07, 6.45) is 4.68. The van der Waals surface area contributed by atoms with Crippen LogP contribution in [0.1, 0.15) is 32.6 Å². The number of benzene rings is 1. The predicted octanol–water partition coefficient (Wildman–Crippen LogP) is 3.82.